The fourth-order valence-electron chi connectivity index (χ4n) is 3.61. The molecule has 0 spiro atoms. The Hall–Kier alpha value is -3.69. The van der Waals surface area contributed by atoms with Gasteiger partial charge in [0.05, 0.1) is 12.2 Å². The molecule has 0 saturated carbocycles. The van der Waals surface area contributed by atoms with Crippen molar-refractivity contribution in [1.82, 2.24) is 4.98 Å². The standard InChI is InChI=1S/C28H21F4NO/c1-34-13-12-19-2-7-22(33-17-19)8-3-20-15-26(30)24(27(31)16-20)10-5-18-4-9-23-21(14-18)6-11-25(29)28(23)32/h2,4,6-7,9,11,14-17H,3,8,12-13H2,1H3. The average Bonchev–Trinajstić information content (AvgIpc) is 2.84. The van der Waals surface area contributed by atoms with Crippen LogP contribution in [0.2, 0.25) is 0 Å². The van der Waals surface area contributed by atoms with Crippen LogP contribution in [0.5, 0.6) is 0 Å². The molecule has 0 atom stereocenters. The van der Waals surface area contributed by atoms with Crippen molar-refractivity contribution < 1.29 is 22.3 Å². The molecule has 0 amide bonds. The van der Waals surface area contributed by atoms with Crippen molar-refractivity contribution in [2.45, 2.75) is 19.3 Å². The molecule has 0 aliphatic heterocycles. The van der Waals surface area contributed by atoms with E-state index in [0.717, 1.165) is 23.7 Å². The van der Waals surface area contributed by atoms with Crippen molar-refractivity contribution in [2.75, 3.05) is 13.7 Å². The van der Waals surface area contributed by atoms with Gasteiger partial charge in [-0.05, 0) is 72.2 Å². The maximum atomic E-state index is 14.6. The second-order valence-corrected chi connectivity index (χ2v) is 7.88. The van der Waals surface area contributed by atoms with Gasteiger partial charge in [-0.1, -0.05) is 30.0 Å². The summed E-state index contributed by atoms with van der Waals surface area (Å²) in [5, 5.41) is 0.564. The number of rotatable bonds is 6. The summed E-state index contributed by atoms with van der Waals surface area (Å²) < 4.78 is 61.4. The van der Waals surface area contributed by atoms with E-state index in [0.29, 0.717) is 36.0 Å². The van der Waals surface area contributed by atoms with E-state index in [2.05, 4.69) is 16.8 Å². The maximum absolute atomic E-state index is 14.6. The number of hydrogen-bond donors (Lipinski definition) is 0. The quantitative estimate of drug-likeness (QED) is 0.252. The molecule has 0 fully saturated rings. The number of ether oxygens (including phenoxy) is 1. The van der Waals surface area contributed by atoms with Crippen LogP contribution in [0.25, 0.3) is 10.8 Å². The van der Waals surface area contributed by atoms with Crippen LogP contribution >= 0.6 is 0 Å². The van der Waals surface area contributed by atoms with Gasteiger partial charge < -0.3 is 4.74 Å². The average molecular weight is 463 g/mol. The third-order valence-electron chi connectivity index (χ3n) is 5.49. The number of halogens is 4. The first-order valence-electron chi connectivity index (χ1n) is 10.7. The number of aromatic nitrogens is 1. The first-order chi connectivity index (χ1) is 16.4. The number of benzene rings is 3. The first-order valence-corrected chi connectivity index (χ1v) is 10.7. The molecule has 4 aromatic rings. The summed E-state index contributed by atoms with van der Waals surface area (Å²) >= 11 is 0. The lowest BCUT2D eigenvalue weighted by Crippen LogP contribution is -2.00. The summed E-state index contributed by atoms with van der Waals surface area (Å²) in [6.07, 6.45) is 3.53. The Morgan fingerprint density at radius 1 is 0.765 bits per heavy atom. The summed E-state index contributed by atoms with van der Waals surface area (Å²) in [5.74, 6) is 1.84. The van der Waals surface area contributed by atoms with Gasteiger partial charge in [0.15, 0.2) is 11.6 Å². The van der Waals surface area contributed by atoms with Crippen LogP contribution in [-0.2, 0) is 24.0 Å². The smallest absolute Gasteiger partial charge is 0.166 e. The summed E-state index contributed by atoms with van der Waals surface area (Å²) in [4.78, 5) is 4.39. The highest BCUT2D eigenvalue weighted by atomic mass is 19.2. The summed E-state index contributed by atoms with van der Waals surface area (Å²) in [5.41, 5.74) is 2.50. The number of hydrogen-bond acceptors (Lipinski definition) is 2. The van der Waals surface area contributed by atoms with Gasteiger partial charge in [0, 0.05) is 30.0 Å². The van der Waals surface area contributed by atoms with E-state index in [1.54, 1.807) is 19.4 Å². The predicted molar refractivity (Wildman–Crippen MR) is 123 cm³/mol. The molecule has 0 saturated heterocycles. The van der Waals surface area contributed by atoms with Crippen LogP contribution in [-0.4, -0.2) is 18.7 Å². The summed E-state index contributed by atoms with van der Waals surface area (Å²) in [7, 11) is 1.64. The van der Waals surface area contributed by atoms with Crippen molar-refractivity contribution in [3.8, 4) is 11.8 Å². The number of fused-ring (bicyclic) bond motifs is 1. The predicted octanol–water partition coefficient (Wildman–Crippen LogP) is 6.17. The van der Waals surface area contributed by atoms with E-state index in [9.17, 15) is 17.6 Å². The van der Waals surface area contributed by atoms with Gasteiger partial charge in [0.1, 0.15) is 11.6 Å². The van der Waals surface area contributed by atoms with Gasteiger partial charge in [0.2, 0.25) is 0 Å². The van der Waals surface area contributed by atoms with Crippen molar-refractivity contribution in [2.24, 2.45) is 0 Å². The molecule has 0 bridgehead atoms. The SMILES string of the molecule is COCCc1ccc(CCc2cc(F)c(C#Cc3ccc4c(F)c(F)ccc4c3)c(F)c2)nc1. The molecule has 0 radical (unpaired) electrons. The molecule has 3 aromatic carbocycles. The number of nitrogens with zero attached hydrogens (tertiary/aromatic N) is 1. The lowest BCUT2D eigenvalue weighted by molar-refractivity contribution is 0.202. The molecule has 0 aliphatic carbocycles. The molecule has 34 heavy (non-hydrogen) atoms. The van der Waals surface area contributed by atoms with Gasteiger partial charge in [0.25, 0.3) is 0 Å². The molecule has 2 nitrogen and oxygen atoms in total. The van der Waals surface area contributed by atoms with E-state index in [-0.39, 0.29) is 10.9 Å². The Labute approximate surface area is 195 Å². The summed E-state index contributed by atoms with van der Waals surface area (Å²) in [6, 6.07) is 13.3. The van der Waals surface area contributed by atoms with Crippen LogP contribution in [0.1, 0.15) is 27.9 Å². The Bertz CT molecular complexity index is 1360. The zero-order valence-corrected chi connectivity index (χ0v) is 18.5. The fourth-order valence-corrected chi connectivity index (χ4v) is 3.61. The Balaban J connectivity index is 1.47. The van der Waals surface area contributed by atoms with Crippen molar-refractivity contribution >= 4 is 10.8 Å². The van der Waals surface area contributed by atoms with E-state index >= 15 is 0 Å². The third kappa shape index (κ3) is 5.44. The van der Waals surface area contributed by atoms with Gasteiger partial charge >= 0.3 is 0 Å². The molecule has 0 N–H and O–H groups in total. The minimum atomic E-state index is -0.943. The molecule has 6 heteroatoms. The minimum Gasteiger partial charge on any atom is -0.384 e. The second kappa shape index (κ2) is 10.5. The van der Waals surface area contributed by atoms with Gasteiger partial charge in [-0.25, -0.2) is 17.6 Å². The third-order valence-corrected chi connectivity index (χ3v) is 5.49. The number of pyridine rings is 1. The van der Waals surface area contributed by atoms with Crippen molar-refractivity contribution in [3.05, 3.63) is 112 Å². The lowest BCUT2D eigenvalue weighted by atomic mass is 10.0. The first kappa shape index (κ1) is 23.5. The number of methoxy groups -OCH3 is 1. The lowest BCUT2D eigenvalue weighted by Gasteiger charge is -2.06. The molecule has 172 valence electrons. The topological polar surface area (TPSA) is 22.1 Å². The normalized spacial score (nSPS) is 10.9. The zero-order valence-electron chi connectivity index (χ0n) is 18.5. The van der Waals surface area contributed by atoms with Crippen LogP contribution < -0.4 is 0 Å². The van der Waals surface area contributed by atoms with Gasteiger partial charge in [-0.2, -0.15) is 0 Å². The Morgan fingerprint density at radius 3 is 2.26 bits per heavy atom. The minimum absolute atomic E-state index is 0.117. The largest absolute Gasteiger partial charge is 0.384 e. The number of aryl methyl sites for hydroxylation is 2. The second-order valence-electron chi connectivity index (χ2n) is 7.88. The van der Waals surface area contributed by atoms with Gasteiger partial charge in [-0.3, -0.25) is 4.98 Å². The Morgan fingerprint density at radius 2 is 1.56 bits per heavy atom. The molecule has 4 rings (SSSR count). The van der Waals surface area contributed by atoms with Crippen molar-refractivity contribution in [3.63, 3.8) is 0 Å². The van der Waals surface area contributed by atoms with Crippen molar-refractivity contribution in [1.29, 1.82) is 0 Å². The molecular formula is C28H21F4NO. The molecule has 1 aromatic heterocycles. The molecule has 0 unspecified atom stereocenters. The van der Waals surface area contributed by atoms with Gasteiger partial charge in [-0.15, -0.1) is 0 Å². The molecular weight excluding hydrogens is 442 g/mol. The van der Waals surface area contributed by atoms with Crippen LogP contribution in [0, 0.1) is 35.1 Å². The van der Waals surface area contributed by atoms with E-state index in [4.69, 9.17) is 4.74 Å². The highest BCUT2D eigenvalue weighted by Gasteiger charge is 2.11. The molecule has 0 aliphatic rings. The highest BCUT2D eigenvalue weighted by Crippen LogP contribution is 2.22. The fraction of sp³-hybridized carbons (Fsp3) is 0.179. The highest BCUT2D eigenvalue weighted by molar-refractivity contribution is 5.84. The van der Waals surface area contributed by atoms with E-state index in [1.807, 2.05) is 12.1 Å². The maximum Gasteiger partial charge on any atom is 0.166 e. The monoisotopic (exact) mass is 463 g/mol. The van der Waals surface area contributed by atoms with E-state index < -0.39 is 23.3 Å². The van der Waals surface area contributed by atoms with Crippen LogP contribution in [0.15, 0.2) is 60.8 Å². The van der Waals surface area contributed by atoms with Crippen LogP contribution in [0.3, 0.4) is 0 Å². The summed E-state index contributed by atoms with van der Waals surface area (Å²) in [6.45, 7) is 0.619. The zero-order chi connectivity index (χ0) is 24.1. The van der Waals surface area contributed by atoms with E-state index in [1.165, 1.54) is 30.3 Å². The Kier molecular flexibility index (Phi) is 7.24. The molecule has 1 heterocycles. The van der Waals surface area contributed by atoms with Crippen LogP contribution in [0.4, 0.5) is 17.6 Å².